The topological polar surface area (TPSA) is 34.2 Å². The molecule has 1 N–H and O–H groups in total. The number of rotatable bonds is 4. The highest BCUT2D eigenvalue weighted by atomic mass is 16.5. The van der Waals surface area contributed by atoms with Crippen molar-refractivity contribution in [3.63, 3.8) is 0 Å². The molecule has 17 heavy (non-hydrogen) atoms. The van der Waals surface area contributed by atoms with Crippen molar-refractivity contribution in [1.82, 2.24) is 10.3 Å². The number of hydrogen-bond donors (Lipinski definition) is 1. The van der Waals surface area contributed by atoms with Crippen molar-refractivity contribution in [2.75, 3.05) is 13.2 Å². The van der Waals surface area contributed by atoms with Crippen LogP contribution in [0.1, 0.15) is 32.3 Å². The van der Waals surface area contributed by atoms with E-state index in [9.17, 15) is 0 Å². The van der Waals surface area contributed by atoms with Gasteiger partial charge in [-0.2, -0.15) is 0 Å². The monoisotopic (exact) mass is 234 g/mol. The minimum atomic E-state index is 0.0545. The molecule has 0 amide bonds. The lowest BCUT2D eigenvalue weighted by Crippen LogP contribution is -2.37. The van der Waals surface area contributed by atoms with Crippen molar-refractivity contribution in [3.8, 4) is 0 Å². The van der Waals surface area contributed by atoms with E-state index in [0.29, 0.717) is 0 Å². The Bertz CT molecular complexity index is 337. The molecule has 94 valence electrons. The van der Waals surface area contributed by atoms with Crippen molar-refractivity contribution in [1.29, 1.82) is 0 Å². The van der Waals surface area contributed by atoms with Crippen LogP contribution in [0.4, 0.5) is 0 Å². The smallest absolute Gasteiger partial charge is 0.0629 e. The summed E-state index contributed by atoms with van der Waals surface area (Å²) in [5.74, 6) is 0.732. The fraction of sp³-hybridized carbons (Fsp3) is 0.643. The lowest BCUT2D eigenvalue weighted by Gasteiger charge is -2.35. The first-order valence-electron chi connectivity index (χ1n) is 6.39. The maximum atomic E-state index is 5.72. The first kappa shape index (κ1) is 12.5. The van der Waals surface area contributed by atoms with Gasteiger partial charge in [0, 0.05) is 25.5 Å². The molecule has 1 aromatic heterocycles. The third kappa shape index (κ3) is 4.10. The highest BCUT2D eigenvalue weighted by molar-refractivity contribution is 5.07. The molecule has 1 aliphatic rings. The van der Waals surface area contributed by atoms with E-state index in [2.05, 4.69) is 30.2 Å². The van der Waals surface area contributed by atoms with Gasteiger partial charge in [-0.05, 0) is 50.8 Å². The maximum absolute atomic E-state index is 5.72. The number of aromatic nitrogens is 1. The molecular weight excluding hydrogens is 212 g/mol. The summed E-state index contributed by atoms with van der Waals surface area (Å²) >= 11 is 0. The summed E-state index contributed by atoms with van der Waals surface area (Å²) in [6, 6.07) is 4.09. The van der Waals surface area contributed by atoms with E-state index in [-0.39, 0.29) is 5.60 Å². The molecule has 2 heterocycles. The van der Waals surface area contributed by atoms with Gasteiger partial charge in [-0.3, -0.25) is 4.98 Å². The van der Waals surface area contributed by atoms with Crippen LogP contribution in [0.5, 0.6) is 0 Å². The summed E-state index contributed by atoms with van der Waals surface area (Å²) in [6.45, 7) is 7.24. The Morgan fingerprint density at radius 3 is 3.12 bits per heavy atom. The Morgan fingerprint density at radius 2 is 2.41 bits per heavy atom. The third-order valence-corrected chi connectivity index (χ3v) is 3.28. The zero-order valence-electron chi connectivity index (χ0n) is 10.8. The molecule has 0 saturated carbocycles. The van der Waals surface area contributed by atoms with Gasteiger partial charge in [0.1, 0.15) is 0 Å². The van der Waals surface area contributed by atoms with Crippen molar-refractivity contribution in [3.05, 3.63) is 30.1 Å². The van der Waals surface area contributed by atoms with Gasteiger partial charge in [0.15, 0.2) is 0 Å². The van der Waals surface area contributed by atoms with Crippen molar-refractivity contribution in [2.24, 2.45) is 5.92 Å². The molecule has 3 heteroatoms. The Kier molecular flexibility index (Phi) is 4.13. The largest absolute Gasteiger partial charge is 0.376 e. The molecule has 1 aliphatic heterocycles. The van der Waals surface area contributed by atoms with Crippen LogP contribution in [0, 0.1) is 5.92 Å². The van der Waals surface area contributed by atoms with E-state index in [1.807, 2.05) is 18.5 Å². The first-order chi connectivity index (χ1) is 8.16. The van der Waals surface area contributed by atoms with Crippen molar-refractivity contribution >= 4 is 0 Å². The summed E-state index contributed by atoms with van der Waals surface area (Å²) in [7, 11) is 0. The Balaban J connectivity index is 1.72. The van der Waals surface area contributed by atoms with Crippen LogP contribution in [-0.4, -0.2) is 23.7 Å². The molecule has 1 aromatic rings. The molecule has 1 fully saturated rings. The van der Waals surface area contributed by atoms with Gasteiger partial charge < -0.3 is 10.1 Å². The molecule has 3 nitrogen and oxygen atoms in total. The number of nitrogens with zero attached hydrogens (tertiary/aromatic N) is 1. The van der Waals surface area contributed by atoms with Gasteiger partial charge in [0.05, 0.1) is 5.60 Å². The van der Waals surface area contributed by atoms with Gasteiger partial charge in [0.25, 0.3) is 0 Å². The van der Waals surface area contributed by atoms with E-state index in [1.54, 1.807) is 0 Å². The molecular formula is C14H22N2O. The van der Waals surface area contributed by atoms with Gasteiger partial charge in [0.2, 0.25) is 0 Å². The molecule has 0 aliphatic carbocycles. The average molecular weight is 234 g/mol. The predicted octanol–water partition coefficient (Wildman–Crippen LogP) is 2.38. The Morgan fingerprint density at radius 1 is 1.53 bits per heavy atom. The molecule has 0 spiro atoms. The van der Waals surface area contributed by atoms with Crippen LogP contribution < -0.4 is 5.32 Å². The summed E-state index contributed by atoms with van der Waals surface area (Å²) < 4.78 is 5.72. The second-order valence-corrected chi connectivity index (χ2v) is 5.46. The minimum Gasteiger partial charge on any atom is -0.376 e. The van der Waals surface area contributed by atoms with Gasteiger partial charge in [-0.15, -0.1) is 0 Å². The van der Waals surface area contributed by atoms with Crippen LogP contribution in [0.25, 0.3) is 0 Å². The average Bonchev–Trinajstić information content (AvgIpc) is 2.29. The van der Waals surface area contributed by atoms with Crippen molar-refractivity contribution in [2.45, 2.75) is 38.8 Å². The fourth-order valence-corrected chi connectivity index (χ4v) is 2.46. The van der Waals surface area contributed by atoms with Crippen molar-refractivity contribution < 1.29 is 4.74 Å². The summed E-state index contributed by atoms with van der Waals surface area (Å²) in [4.78, 5) is 4.11. The SMILES string of the molecule is CC1(C)C[C@@H](CNCc2cccnc2)CCO1. The Hall–Kier alpha value is -0.930. The summed E-state index contributed by atoms with van der Waals surface area (Å²) in [6.07, 6.45) is 6.04. The molecule has 2 rings (SSSR count). The highest BCUT2D eigenvalue weighted by Crippen LogP contribution is 2.27. The highest BCUT2D eigenvalue weighted by Gasteiger charge is 2.28. The van der Waals surface area contributed by atoms with E-state index < -0.39 is 0 Å². The van der Waals surface area contributed by atoms with Gasteiger partial charge in [-0.25, -0.2) is 0 Å². The molecule has 0 unspecified atom stereocenters. The summed E-state index contributed by atoms with van der Waals surface area (Å²) in [5.41, 5.74) is 1.30. The standard InChI is InChI=1S/C14H22N2O/c1-14(2)8-12(5-7-17-14)9-16-11-13-4-3-6-15-10-13/h3-4,6,10,12,16H,5,7-9,11H2,1-2H3/t12-/m0/s1. The summed E-state index contributed by atoms with van der Waals surface area (Å²) in [5, 5.41) is 3.51. The molecule has 0 bridgehead atoms. The normalized spacial score (nSPS) is 23.5. The quantitative estimate of drug-likeness (QED) is 0.868. The number of pyridine rings is 1. The third-order valence-electron chi connectivity index (χ3n) is 3.28. The van der Waals surface area contributed by atoms with Gasteiger partial charge >= 0.3 is 0 Å². The van der Waals surface area contributed by atoms with Crippen LogP contribution in [-0.2, 0) is 11.3 Å². The van der Waals surface area contributed by atoms with Crippen LogP contribution in [0.15, 0.2) is 24.5 Å². The van der Waals surface area contributed by atoms with E-state index in [0.717, 1.165) is 32.0 Å². The number of nitrogens with one attached hydrogen (secondary N) is 1. The zero-order valence-corrected chi connectivity index (χ0v) is 10.8. The van der Waals surface area contributed by atoms with Crippen LogP contribution >= 0.6 is 0 Å². The zero-order chi connectivity index (χ0) is 12.1. The lowest BCUT2D eigenvalue weighted by molar-refractivity contribution is -0.0718. The second-order valence-electron chi connectivity index (χ2n) is 5.46. The van der Waals surface area contributed by atoms with E-state index in [4.69, 9.17) is 4.74 Å². The molecule has 1 saturated heterocycles. The minimum absolute atomic E-state index is 0.0545. The number of ether oxygens (including phenoxy) is 1. The number of hydrogen-bond acceptors (Lipinski definition) is 3. The predicted molar refractivity (Wildman–Crippen MR) is 68.7 cm³/mol. The van der Waals surface area contributed by atoms with Crippen LogP contribution in [0.2, 0.25) is 0 Å². The van der Waals surface area contributed by atoms with Crippen LogP contribution in [0.3, 0.4) is 0 Å². The maximum Gasteiger partial charge on any atom is 0.0629 e. The lowest BCUT2D eigenvalue weighted by atomic mass is 9.88. The molecule has 1 atom stereocenters. The Labute approximate surface area is 104 Å². The van der Waals surface area contributed by atoms with E-state index >= 15 is 0 Å². The second kappa shape index (κ2) is 5.61. The van der Waals surface area contributed by atoms with Gasteiger partial charge in [-0.1, -0.05) is 6.07 Å². The molecule has 0 radical (unpaired) electrons. The van der Waals surface area contributed by atoms with E-state index in [1.165, 1.54) is 12.0 Å². The fourth-order valence-electron chi connectivity index (χ4n) is 2.46. The molecule has 0 aromatic carbocycles. The first-order valence-corrected chi connectivity index (χ1v) is 6.39.